The van der Waals surface area contributed by atoms with Crippen LogP contribution in [0, 0.1) is 11.8 Å². The number of rotatable bonds is 7. The number of fused-ring (bicyclic) bond motifs is 1. The fraction of sp³-hybridized carbons (Fsp3) is 0.545. The van der Waals surface area contributed by atoms with Gasteiger partial charge < -0.3 is 10.6 Å². The maximum Gasteiger partial charge on any atom is 0.261 e. The zero-order valence-corrected chi connectivity index (χ0v) is 17.1. The summed E-state index contributed by atoms with van der Waals surface area (Å²) in [5.74, 6) is -0.672. The van der Waals surface area contributed by atoms with E-state index < -0.39 is 0 Å². The largest absolute Gasteiger partial charge is 0.354 e. The Morgan fingerprint density at radius 3 is 2.34 bits per heavy atom. The lowest BCUT2D eigenvalue weighted by Gasteiger charge is -2.20. The van der Waals surface area contributed by atoms with Crippen LogP contribution in [0.5, 0.6) is 0 Å². The average molecular weight is 399 g/mol. The molecule has 1 aromatic rings. The van der Waals surface area contributed by atoms with E-state index in [4.69, 9.17) is 0 Å². The fourth-order valence-electron chi connectivity index (χ4n) is 3.94. The predicted molar refractivity (Wildman–Crippen MR) is 109 cm³/mol. The molecule has 0 spiro atoms. The summed E-state index contributed by atoms with van der Waals surface area (Å²) in [4.78, 5) is 50.7. The highest BCUT2D eigenvalue weighted by atomic mass is 16.2. The maximum atomic E-state index is 12.5. The van der Waals surface area contributed by atoms with Gasteiger partial charge in [-0.05, 0) is 37.0 Å². The quantitative estimate of drug-likeness (QED) is 0.543. The molecule has 4 amide bonds. The standard InChI is InChI=1S/C22H29N3O4/c1-14(2)13-25-21(28)17-9-8-16(12-18(17)22(25)29)20(27)24-11-10-23-19(26)15-6-4-3-5-7-15/h8-9,12,14-15H,3-7,10-11,13H2,1-2H3,(H,23,26)(H,24,27). The molecule has 0 bridgehead atoms. The van der Waals surface area contributed by atoms with Gasteiger partial charge in [0.25, 0.3) is 17.7 Å². The molecule has 1 aliphatic heterocycles. The minimum Gasteiger partial charge on any atom is -0.354 e. The van der Waals surface area contributed by atoms with Gasteiger partial charge in [-0.15, -0.1) is 0 Å². The minimum atomic E-state index is -0.354. The van der Waals surface area contributed by atoms with Crippen molar-refractivity contribution in [3.05, 3.63) is 34.9 Å². The van der Waals surface area contributed by atoms with Crippen molar-refractivity contribution in [1.29, 1.82) is 0 Å². The first-order valence-electron chi connectivity index (χ1n) is 10.4. The molecule has 0 radical (unpaired) electrons. The van der Waals surface area contributed by atoms with Gasteiger partial charge in [0.1, 0.15) is 0 Å². The second-order valence-corrected chi connectivity index (χ2v) is 8.26. The third kappa shape index (κ3) is 4.83. The lowest BCUT2D eigenvalue weighted by molar-refractivity contribution is -0.125. The van der Waals surface area contributed by atoms with Gasteiger partial charge in [0.2, 0.25) is 5.91 Å². The van der Waals surface area contributed by atoms with Crippen LogP contribution in [-0.2, 0) is 4.79 Å². The van der Waals surface area contributed by atoms with E-state index in [1.807, 2.05) is 13.8 Å². The molecular weight excluding hydrogens is 370 g/mol. The van der Waals surface area contributed by atoms with E-state index in [1.54, 1.807) is 6.07 Å². The molecule has 1 aromatic carbocycles. The highest BCUT2D eigenvalue weighted by Gasteiger charge is 2.36. The van der Waals surface area contributed by atoms with Crippen molar-refractivity contribution in [2.45, 2.75) is 46.0 Å². The summed E-state index contributed by atoms with van der Waals surface area (Å²) in [6.07, 6.45) is 5.28. The van der Waals surface area contributed by atoms with Crippen LogP contribution in [0.1, 0.15) is 77.0 Å². The van der Waals surface area contributed by atoms with E-state index in [-0.39, 0.29) is 41.0 Å². The fourth-order valence-corrected chi connectivity index (χ4v) is 3.94. The Kier molecular flexibility index (Phi) is 6.67. The van der Waals surface area contributed by atoms with E-state index >= 15 is 0 Å². The van der Waals surface area contributed by atoms with Crippen LogP contribution in [0.15, 0.2) is 18.2 Å². The van der Waals surface area contributed by atoms with Crippen molar-refractivity contribution in [3.63, 3.8) is 0 Å². The van der Waals surface area contributed by atoms with Gasteiger partial charge in [-0.3, -0.25) is 24.1 Å². The number of hydrogen-bond acceptors (Lipinski definition) is 4. The molecule has 0 atom stereocenters. The number of hydrogen-bond donors (Lipinski definition) is 2. The first-order chi connectivity index (χ1) is 13.9. The predicted octanol–water partition coefficient (Wildman–Crippen LogP) is 2.36. The summed E-state index contributed by atoms with van der Waals surface area (Å²) in [6, 6.07) is 4.57. The van der Waals surface area contributed by atoms with Crippen LogP contribution in [0.3, 0.4) is 0 Å². The summed E-state index contributed by atoms with van der Waals surface area (Å²) < 4.78 is 0. The molecule has 1 fully saturated rings. The van der Waals surface area contributed by atoms with Crippen molar-refractivity contribution in [2.24, 2.45) is 11.8 Å². The van der Waals surface area contributed by atoms with Crippen molar-refractivity contribution < 1.29 is 19.2 Å². The Morgan fingerprint density at radius 2 is 1.66 bits per heavy atom. The molecule has 0 unspecified atom stereocenters. The zero-order chi connectivity index (χ0) is 21.0. The Labute approximate surface area is 171 Å². The van der Waals surface area contributed by atoms with Gasteiger partial charge in [0.05, 0.1) is 11.1 Å². The molecule has 2 aliphatic rings. The molecule has 7 nitrogen and oxygen atoms in total. The number of nitrogens with zero attached hydrogens (tertiary/aromatic N) is 1. The van der Waals surface area contributed by atoms with Crippen LogP contribution in [0.4, 0.5) is 0 Å². The van der Waals surface area contributed by atoms with E-state index in [0.29, 0.717) is 30.8 Å². The molecule has 7 heteroatoms. The SMILES string of the molecule is CC(C)CN1C(=O)c2ccc(C(=O)NCCNC(=O)C3CCCCC3)cc2C1=O. The first-order valence-corrected chi connectivity index (χ1v) is 10.4. The lowest BCUT2D eigenvalue weighted by atomic mass is 9.89. The molecule has 0 saturated heterocycles. The van der Waals surface area contributed by atoms with Crippen LogP contribution in [0.25, 0.3) is 0 Å². The smallest absolute Gasteiger partial charge is 0.261 e. The zero-order valence-electron chi connectivity index (χ0n) is 17.1. The third-order valence-corrected chi connectivity index (χ3v) is 5.47. The monoisotopic (exact) mass is 399 g/mol. The highest BCUT2D eigenvalue weighted by molar-refractivity contribution is 6.22. The number of nitrogens with one attached hydrogen (secondary N) is 2. The normalized spacial score (nSPS) is 16.9. The van der Waals surface area contributed by atoms with Gasteiger partial charge in [-0.25, -0.2) is 0 Å². The highest BCUT2D eigenvalue weighted by Crippen LogP contribution is 2.25. The van der Waals surface area contributed by atoms with Crippen molar-refractivity contribution in [1.82, 2.24) is 15.5 Å². The molecule has 2 N–H and O–H groups in total. The summed E-state index contributed by atoms with van der Waals surface area (Å²) in [5.41, 5.74) is 0.941. The van der Waals surface area contributed by atoms with Gasteiger partial charge in [-0.1, -0.05) is 33.1 Å². The van der Waals surface area contributed by atoms with Crippen molar-refractivity contribution >= 4 is 23.6 Å². The second kappa shape index (κ2) is 9.20. The number of carbonyl (C=O) groups is 4. The second-order valence-electron chi connectivity index (χ2n) is 8.26. The van der Waals surface area contributed by atoms with Crippen molar-refractivity contribution in [3.8, 4) is 0 Å². The molecule has 0 aromatic heterocycles. The number of amides is 4. The molecule has 29 heavy (non-hydrogen) atoms. The Bertz CT molecular complexity index is 812. The number of imide groups is 1. The molecular formula is C22H29N3O4. The van der Waals surface area contributed by atoms with Gasteiger partial charge in [-0.2, -0.15) is 0 Å². The van der Waals surface area contributed by atoms with Gasteiger partial charge >= 0.3 is 0 Å². The molecule has 3 rings (SSSR count). The van der Waals surface area contributed by atoms with Crippen LogP contribution in [0.2, 0.25) is 0 Å². The number of carbonyl (C=O) groups excluding carboxylic acids is 4. The van der Waals surface area contributed by atoms with Gasteiger partial charge in [0.15, 0.2) is 0 Å². The van der Waals surface area contributed by atoms with E-state index in [9.17, 15) is 19.2 Å². The van der Waals surface area contributed by atoms with E-state index in [2.05, 4.69) is 10.6 Å². The molecule has 1 saturated carbocycles. The first kappa shape index (κ1) is 21.0. The molecule has 1 aliphatic carbocycles. The van der Waals surface area contributed by atoms with Crippen LogP contribution < -0.4 is 10.6 Å². The third-order valence-electron chi connectivity index (χ3n) is 5.47. The van der Waals surface area contributed by atoms with E-state index in [0.717, 1.165) is 25.7 Å². The summed E-state index contributed by atoms with van der Waals surface area (Å²) >= 11 is 0. The topological polar surface area (TPSA) is 95.6 Å². The molecule has 1 heterocycles. The summed E-state index contributed by atoms with van der Waals surface area (Å²) in [5, 5.41) is 5.63. The van der Waals surface area contributed by atoms with E-state index in [1.165, 1.54) is 23.5 Å². The van der Waals surface area contributed by atoms with Gasteiger partial charge in [0, 0.05) is 31.1 Å². The lowest BCUT2D eigenvalue weighted by Crippen LogP contribution is -2.38. The Hall–Kier alpha value is -2.70. The Balaban J connectivity index is 1.52. The van der Waals surface area contributed by atoms with Crippen molar-refractivity contribution in [2.75, 3.05) is 19.6 Å². The molecule has 156 valence electrons. The summed E-state index contributed by atoms with van der Waals surface area (Å²) in [6.45, 7) is 4.91. The van der Waals surface area contributed by atoms with Crippen LogP contribution >= 0.6 is 0 Å². The minimum absolute atomic E-state index is 0.0610. The average Bonchev–Trinajstić information content (AvgIpc) is 2.95. The Morgan fingerprint density at radius 1 is 1.00 bits per heavy atom. The number of benzene rings is 1. The maximum absolute atomic E-state index is 12.5. The van der Waals surface area contributed by atoms with Crippen LogP contribution in [-0.4, -0.2) is 48.2 Å². The summed E-state index contributed by atoms with van der Waals surface area (Å²) in [7, 11) is 0.